The van der Waals surface area contributed by atoms with E-state index in [9.17, 15) is 4.79 Å². The lowest BCUT2D eigenvalue weighted by atomic mass is 9.77. The number of nitrogens with zero attached hydrogens (tertiary/aromatic N) is 1. The number of amides is 1. The first-order valence-electron chi connectivity index (χ1n) is 5.74. The van der Waals surface area contributed by atoms with E-state index in [2.05, 4.69) is 0 Å². The number of hydrogen-bond donors (Lipinski definition) is 1. The van der Waals surface area contributed by atoms with Crippen LogP contribution in [-0.2, 0) is 9.53 Å². The average Bonchev–Trinajstić information content (AvgIpc) is 2.58. The maximum absolute atomic E-state index is 11.9. The Morgan fingerprint density at radius 1 is 1.60 bits per heavy atom. The number of ether oxygens (including phenoxy) is 1. The molecule has 15 heavy (non-hydrogen) atoms. The van der Waals surface area contributed by atoms with Crippen LogP contribution in [0.1, 0.15) is 32.1 Å². The van der Waals surface area contributed by atoms with Crippen molar-refractivity contribution in [3.05, 3.63) is 0 Å². The zero-order valence-electron chi connectivity index (χ0n) is 9.37. The fourth-order valence-electron chi connectivity index (χ4n) is 2.43. The van der Waals surface area contributed by atoms with Crippen LogP contribution in [0.5, 0.6) is 0 Å². The van der Waals surface area contributed by atoms with Gasteiger partial charge in [-0.05, 0) is 25.7 Å². The second-order valence-electron chi connectivity index (χ2n) is 4.81. The van der Waals surface area contributed by atoms with Crippen molar-refractivity contribution in [2.24, 2.45) is 5.73 Å². The Morgan fingerprint density at radius 3 is 2.73 bits per heavy atom. The fraction of sp³-hybridized carbons (Fsp3) is 0.909. The topological polar surface area (TPSA) is 55.6 Å². The van der Waals surface area contributed by atoms with E-state index < -0.39 is 0 Å². The Labute approximate surface area is 90.8 Å². The number of carbonyl (C=O) groups excluding carboxylic acids is 1. The van der Waals surface area contributed by atoms with Gasteiger partial charge in [-0.25, -0.2) is 0 Å². The highest BCUT2D eigenvalue weighted by atomic mass is 16.5. The van der Waals surface area contributed by atoms with E-state index in [4.69, 9.17) is 10.5 Å². The quantitative estimate of drug-likeness (QED) is 0.741. The molecule has 1 atom stereocenters. The highest BCUT2D eigenvalue weighted by molar-refractivity contribution is 5.77. The Balaban J connectivity index is 1.86. The average molecular weight is 212 g/mol. The molecule has 0 bridgehead atoms. The molecule has 0 radical (unpaired) electrons. The Morgan fingerprint density at radius 2 is 2.33 bits per heavy atom. The van der Waals surface area contributed by atoms with Crippen molar-refractivity contribution in [3.8, 4) is 0 Å². The first-order valence-corrected chi connectivity index (χ1v) is 5.74. The molecule has 1 aliphatic carbocycles. The third-order valence-corrected chi connectivity index (χ3v) is 3.75. The standard InChI is InChI=1S/C11H20N2O2/c1-15-11(4-2-5-11)7-10(14)13-6-3-9(12)8-13/h9H,2-8,12H2,1H3/t9-/m1/s1. The number of likely N-dealkylation sites (tertiary alicyclic amines) is 1. The molecule has 2 rings (SSSR count). The summed E-state index contributed by atoms with van der Waals surface area (Å²) in [5.41, 5.74) is 5.63. The molecule has 4 heteroatoms. The Bertz CT molecular complexity index is 245. The lowest BCUT2D eigenvalue weighted by molar-refractivity contribution is -0.143. The summed E-state index contributed by atoms with van der Waals surface area (Å²) in [6, 6.07) is 0.175. The van der Waals surface area contributed by atoms with Crippen molar-refractivity contribution in [1.29, 1.82) is 0 Å². The molecule has 0 aromatic heterocycles. The molecule has 4 nitrogen and oxygen atoms in total. The molecule has 1 saturated heterocycles. The van der Waals surface area contributed by atoms with Gasteiger partial charge in [0.25, 0.3) is 0 Å². The third-order valence-electron chi connectivity index (χ3n) is 3.75. The summed E-state index contributed by atoms with van der Waals surface area (Å²) in [6.45, 7) is 1.54. The van der Waals surface area contributed by atoms with E-state index in [1.165, 1.54) is 6.42 Å². The van der Waals surface area contributed by atoms with Crippen molar-refractivity contribution in [2.45, 2.75) is 43.7 Å². The van der Waals surface area contributed by atoms with Crippen LogP contribution >= 0.6 is 0 Å². The number of carbonyl (C=O) groups is 1. The van der Waals surface area contributed by atoms with Crippen molar-refractivity contribution in [1.82, 2.24) is 4.90 Å². The smallest absolute Gasteiger partial charge is 0.225 e. The van der Waals surface area contributed by atoms with Crippen molar-refractivity contribution < 1.29 is 9.53 Å². The van der Waals surface area contributed by atoms with E-state index in [1.54, 1.807) is 7.11 Å². The largest absolute Gasteiger partial charge is 0.378 e. The number of hydrogen-bond acceptors (Lipinski definition) is 3. The molecule has 2 fully saturated rings. The van der Waals surface area contributed by atoms with Crippen LogP contribution in [0.25, 0.3) is 0 Å². The van der Waals surface area contributed by atoms with Crippen molar-refractivity contribution in [3.63, 3.8) is 0 Å². The zero-order chi connectivity index (χ0) is 10.9. The van der Waals surface area contributed by atoms with Gasteiger partial charge in [0.05, 0.1) is 12.0 Å². The Kier molecular flexibility index (Phi) is 2.98. The van der Waals surface area contributed by atoms with Gasteiger partial charge in [-0.1, -0.05) is 0 Å². The molecular formula is C11H20N2O2. The molecule has 0 unspecified atom stereocenters. The number of rotatable bonds is 3. The second-order valence-corrected chi connectivity index (χ2v) is 4.81. The molecule has 0 aromatic carbocycles. The van der Waals surface area contributed by atoms with Gasteiger partial charge in [0.1, 0.15) is 0 Å². The van der Waals surface area contributed by atoms with Gasteiger partial charge in [0.15, 0.2) is 0 Å². The SMILES string of the molecule is COC1(CC(=O)N2CC[C@@H](N)C2)CCC1. The van der Waals surface area contributed by atoms with Crippen LogP contribution in [-0.4, -0.2) is 42.6 Å². The van der Waals surface area contributed by atoms with Crippen LogP contribution in [0.4, 0.5) is 0 Å². The predicted molar refractivity (Wildman–Crippen MR) is 57.4 cm³/mol. The van der Waals surface area contributed by atoms with E-state index >= 15 is 0 Å². The molecule has 2 N–H and O–H groups in total. The molecular weight excluding hydrogens is 192 g/mol. The van der Waals surface area contributed by atoms with Crippen molar-refractivity contribution in [2.75, 3.05) is 20.2 Å². The van der Waals surface area contributed by atoms with Gasteiger partial charge in [-0.2, -0.15) is 0 Å². The highest BCUT2D eigenvalue weighted by Crippen LogP contribution is 2.38. The molecule has 0 aromatic rings. The van der Waals surface area contributed by atoms with Crippen LogP contribution < -0.4 is 5.73 Å². The maximum Gasteiger partial charge on any atom is 0.225 e. The molecule has 1 saturated carbocycles. The van der Waals surface area contributed by atoms with Crippen LogP contribution in [0.15, 0.2) is 0 Å². The molecule has 1 aliphatic heterocycles. The first kappa shape index (κ1) is 10.9. The molecule has 1 amide bonds. The molecule has 2 aliphatic rings. The summed E-state index contributed by atoms with van der Waals surface area (Å²) in [5, 5.41) is 0. The van der Waals surface area contributed by atoms with Gasteiger partial charge in [0.2, 0.25) is 5.91 Å². The van der Waals surface area contributed by atoms with Gasteiger partial charge in [0, 0.05) is 26.2 Å². The Hall–Kier alpha value is -0.610. The van der Waals surface area contributed by atoms with E-state index in [0.29, 0.717) is 6.42 Å². The van der Waals surface area contributed by atoms with Crippen molar-refractivity contribution >= 4 is 5.91 Å². The lowest BCUT2D eigenvalue weighted by Crippen LogP contribution is -2.45. The lowest BCUT2D eigenvalue weighted by Gasteiger charge is -2.40. The van der Waals surface area contributed by atoms with Gasteiger partial charge >= 0.3 is 0 Å². The first-order chi connectivity index (χ1) is 7.15. The van der Waals surface area contributed by atoms with Gasteiger partial charge in [-0.3, -0.25) is 4.79 Å². The van der Waals surface area contributed by atoms with Crippen LogP contribution in [0.3, 0.4) is 0 Å². The normalized spacial score (nSPS) is 28.9. The molecule has 86 valence electrons. The zero-order valence-corrected chi connectivity index (χ0v) is 9.37. The van der Waals surface area contributed by atoms with E-state index in [-0.39, 0.29) is 17.6 Å². The third kappa shape index (κ3) is 2.16. The summed E-state index contributed by atoms with van der Waals surface area (Å²) in [5.74, 6) is 0.213. The molecule has 1 heterocycles. The monoisotopic (exact) mass is 212 g/mol. The minimum Gasteiger partial charge on any atom is -0.378 e. The summed E-state index contributed by atoms with van der Waals surface area (Å²) < 4.78 is 5.45. The van der Waals surface area contributed by atoms with E-state index in [1.807, 2.05) is 4.90 Å². The summed E-state index contributed by atoms with van der Waals surface area (Å²) in [7, 11) is 1.71. The molecule has 0 spiro atoms. The summed E-state index contributed by atoms with van der Waals surface area (Å²) in [4.78, 5) is 13.8. The minimum atomic E-state index is -0.149. The van der Waals surface area contributed by atoms with E-state index in [0.717, 1.165) is 32.4 Å². The highest BCUT2D eigenvalue weighted by Gasteiger charge is 2.40. The van der Waals surface area contributed by atoms with Crippen LogP contribution in [0, 0.1) is 0 Å². The minimum absolute atomic E-state index is 0.149. The fourth-order valence-corrected chi connectivity index (χ4v) is 2.43. The number of methoxy groups -OCH3 is 1. The summed E-state index contributed by atoms with van der Waals surface area (Å²) in [6.07, 6.45) is 4.70. The summed E-state index contributed by atoms with van der Waals surface area (Å²) >= 11 is 0. The number of nitrogens with two attached hydrogens (primary N) is 1. The second kappa shape index (κ2) is 4.10. The van der Waals surface area contributed by atoms with Gasteiger partial charge in [-0.15, -0.1) is 0 Å². The van der Waals surface area contributed by atoms with Gasteiger partial charge < -0.3 is 15.4 Å². The maximum atomic E-state index is 11.9. The predicted octanol–water partition coefficient (Wildman–Crippen LogP) is 0.505. The van der Waals surface area contributed by atoms with Crippen LogP contribution in [0.2, 0.25) is 0 Å².